The van der Waals surface area contributed by atoms with Crippen molar-refractivity contribution in [3.63, 3.8) is 0 Å². The van der Waals surface area contributed by atoms with Crippen LogP contribution in [0.2, 0.25) is 0 Å². The normalized spacial score (nSPS) is 11.3. The van der Waals surface area contributed by atoms with Gasteiger partial charge in [0, 0.05) is 11.1 Å². The van der Waals surface area contributed by atoms with Gasteiger partial charge in [-0.25, -0.2) is 0 Å². The molecule has 0 spiro atoms. The Bertz CT molecular complexity index is 658. The summed E-state index contributed by atoms with van der Waals surface area (Å²) < 4.78 is 43.2. The Morgan fingerprint density at radius 1 is 1.05 bits per heavy atom. The van der Waals surface area contributed by atoms with E-state index in [1.807, 2.05) is 0 Å². The summed E-state index contributed by atoms with van der Waals surface area (Å²) in [5.74, 6) is 0.133. The molecule has 0 bridgehead atoms. The molecule has 110 valence electrons. The maximum Gasteiger partial charge on any atom is 0.416 e. The fourth-order valence-corrected chi connectivity index (χ4v) is 1.94. The van der Waals surface area contributed by atoms with Crippen molar-refractivity contribution in [2.45, 2.75) is 13.1 Å². The molecule has 0 aliphatic carbocycles. The lowest BCUT2D eigenvalue weighted by Crippen LogP contribution is -2.09. The second kappa shape index (κ2) is 5.60. The first kappa shape index (κ1) is 15.1. The zero-order valence-corrected chi connectivity index (χ0v) is 11.5. The van der Waals surface area contributed by atoms with Gasteiger partial charge in [-0.2, -0.15) is 13.2 Å². The van der Waals surface area contributed by atoms with Crippen LogP contribution in [0.25, 0.3) is 0 Å². The summed E-state index contributed by atoms with van der Waals surface area (Å²) >= 11 is 0. The molecule has 0 unspecified atom stereocenters. The number of aryl methyl sites for hydroxylation is 1. The molecule has 0 aliphatic rings. The van der Waals surface area contributed by atoms with Crippen molar-refractivity contribution in [2.24, 2.45) is 0 Å². The summed E-state index contributed by atoms with van der Waals surface area (Å²) in [6.45, 7) is 1.61. The van der Waals surface area contributed by atoms with Crippen molar-refractivity contribution in [1.29, 1.82) is 0 Å². The van der Waals surface area contributed by atoms with Gasteiger partial charge in [0.05, 0.1) is 12.7 Å². The SMILES string of the molecule is COc1ccc(C(=O)c2cc(C(F)(F)F)ccc2C)cc1. The predicted molar refractivity (Wildman–Crippen MR) is 72.6 cm³/mol. The molecule has 0 amide bonds. The van der Waals surface area contributed by atoms with Gasteiger partial charge >= 0.3 is 6.18 Å². The molecule has 2 aromatic carbocycles. The molecule has 0 aromatic heterocycles. The first-order valence-corrected chi connectivity index (χ1v) is 6.19. The van der Waals surface area contributed by atoms with E-state index in [4.69, 9.17) is 4.74 Å². The number of ketones is 1. The highest BCUT2D eigenvalue weighted by atomic mass is 19.4. The highest BCUT2D eigenvalue weighted by Gasteiger charge is 2.31. The van der Waals surface area contributed by atoms with E-state index in [0.717, 1.165) is 12.1 Å². The molecule has 0 heterocycles. The molecule has 2 nitrogen and oxygen atoms in total. The third-order valence-corrected chi connectivity index (χ3v) is 3.16. The Morgan fingerprint density at radius 3 is 2.19 bits per heavy atom. The second-order valence-electron chi connectivity index (χ2n) is 4.59. The summed E-state index contributed by atoms with van der Waals surface area (Å²) in [4.78, 5) is 12.3. The van der Waals surface area contributed by atoms with E-state index in [0.29, 0.717) is 16.9 Å². The monoisotopic (exact) mass is 294 g/mol. The van der Waals surface area contributed by atoms with Gasteiger partial charge in [-0.3, -0.25) is 4.79 Å². The lowest BCUT2D eigenvalue weighted by Gasteiger charge is -2.11. The Kier molecular flexibility index (Phi) is 4.02. The minimum absolute atomic E-state index is 0.0509. The van der Waals surface area contributed by atoms with Gasteiger partial charge in [-0.05, 0) is 48.9 Å². The second-order valence-corrected chi connectivity index (χ2v) is 4.59. The van der Waals surface area contributed by atoms with Crippen LogP contribution in [-0.4, -0.2) is 12.9 Å². The number of methoxy groups -OCH3 is 1. The summed E-state index contributed by atoms with van der Waals surface area (Å²) in [6, 6.07) is 9.41. The van der Waals surface area contributed by atoms with Crippen molar-refractivity contribution in [1.82, 2.24) is 0 Å². The van der Waals surface area contributed by atoms with Crippen LogP contribution in [0.1, 0.15) is 27.0 Å². The number of alkyl halides is 3. The summed E-state index contributed by atoms with van der Waals surface area (Å²) in [5, 5.41) is 0. The number of carbonyl (C=O) groups is 1. The van der Waals surface area contributed by atoms with E-state index in [9.17, 15) is 18.0 Å². The molecule has 0 aliphatic heterocycles. The number of rotatable bonds is 3. The van der Waals surface area contributed by atoms with Crippen LogP contribution in [0.5, 0.6) is 5.75 Å². The molecule has 0 radical (unpaired) electrons. The zero-order chi connectivity index (χ0) is 15.6. The molecule has 5 heteroatoms. The van der Waals surface area contributed by atoms with Gasteiger partial charge < -0.3 is 4.74 Å². The molecule has 0 fully saturated rings. The van der Waals surface area contributed by atoms with Crippen molar-refractivity contribution >= 4 is 5.78 Å². The Morgan fingerprint density at radius 2 is 1.67 bits per heavy atom. The predicted octanol–water partition coefficient (Wildman–Crippen LogP) is 4.25. The van der Waals surface area contributed by atoms with Crippen LogP contribution in [0.15, 0.2) is 42.5 Å². The van der Waals surface area contributed by atoms with Crippen molar-refractivity contribution in [2.75, 3.05) is 7.11 Å². The van der Waals surface area contributed by atoms with Gasteiger partial charge in [0.25, 0.3) is 0 Å². The van der Waals surface area contributed by atoms with Gasteiger partial charge in [-0.1, -0.05) is 6.07 Å². The minimum atomic E-state index is -4.47. The Balaban J connectivity index is 2.42. The summed E-state index contributed by atoms with van der Waals surface area (Å²) in [5.41, 5.74) is 0.0435. The number of halogens is 3. The fourth-order valence-electron chi connectivity index (χ4n) is 1.94. The first-order valence-electron chi connectivity index (χ1n) is 6.19. The quantitative estimate of drug-likeness (QED) is 0.791. The maximum atomic E-state index is 12.7. The van der Waals surface area contributed by atoms with E-state index in [2.05, 4.69) is 0 Å². The number of benzene rings is 2. The highest BCUT2D eigenvalue weighted by Crippen LogP contribution is 2.31. The summed E-state index contributed by atoms with van der Waals surface area (Å²) in [7, 11) is 1.49. The van der Waals surface area contributed by atoms with Crippen LogP contribution in [0, 0.1) is 6.92 Å². The van der Waals surface area contributed by atoms with Crippen LogP contribution in [0.3, 0.4) is 0 Å². The summed E-state index contributed by atoms with van der Waals surface area (Å²) in [6.07, 6.45) is -4.47. The lowest BCUT2D eigenvalue weighted by molar-refractivity contribution is -0.137. The largest absolute Gasteiger partial charge is 0.497 e. The number of ether oxygens (including phenoxy) is 1. The molecule has 2 aromatic rings. The van der Waals surface area contributed by atoms with Crippen LogP contribution >= 0.6 is 0 Å². The lowest BCUT2D eigenvalue weighted by atomic mass is 9.97. The Hall–Kier alpha value is -2.30. The third-order valence-electron chi connectivity index (χ3n) is 3.16. The molecular formula is C16H13F3O2. The van der Waals surface area contributed by atoms with Crippen molar-refractivity contribution in [3.05, 3.63) is 64.7 Å². The standard InChI is InChI=1S/C16H13F3O2/c1-10-3-6-12(16(17,18)19)9-14(10)15(20)11-4-7-13(21-2)8-5-11/h3-9H,1-2H3. The van der Waals surface area contributed by atoms with E-state index < -0.39 is 17.5 Å². The number of hydrogen-bond donors (Lipinski definition) is 0. The molecule has 0 atom stereocenters. The molecule has 2 rings (SSSR count). The Labute approximate surface area is 120 Å². The highest BCUT2D eigenvalue weighted by molar-refractivity contribution is 6.10. The van der Waals surface area contributed by atoms with Crippen molar-refractivity contribution in [3.8, 4) is 5.75 Å². The van der Waals surface area contributed by atoms with Gasteiger partial charge in [0.15, 0.2) is 5.78 Å². The molecule has 0 N–H and O–H groups in total. The first-order chi connectivity index (χ1) is 9.82. The van der Waals surface area contributed by atoms with E-state index in [-0.39, 0.29) is 5.56 Å². The number of hydrogen-bond acceptors (Lipinski definition) is 2. The molecule has 21 heavy (non-hydrogen) atoms. The molecule has 0 saturated heterocycles. The maximum absolute atomic E-state index is 12.7. The van der Waals surface area contributed by atoms with Gasteiger partial charge in [0.2, 0.25) is 0 Å². The van der Waals surface area contributed by atoms with Gasteiger partial charge in [-0.15, -0.1) is 0 Å². The van der Waals surface area contributed by atoms with Crippen LogP contribution in [-0.2, 0) is 6.18 Å². The number of carbonyl (C=O) groups excluding carboxylic acids is 1. The van der Waals surface area contributed by atoms with Gasteiger partial charge in [0.1, 0.15) is 5.75 Å². The van der Waals surface area contributed by atoms with Crippen LogP contribution in [0.4, 0.5) is 13.2 Å². The van der Waals surface area contributed by atoms with Crippen LogP contribution < -0.4 is 4.74 Å². The zero-order valence-electron chi connectivity index (χ0n) is 11.5. The molecular weight excluding hydrogens is 281 g/mol. The van der Waals surface area contributed by atoms with Crippen molar-refractivity contribution < 1.29 is 22.7 Å². The topological polar surface area (TPSA) is 26.3 Å². The third kappa shape index (κ3) is 3.24. The minimum Gasteiger partial charge on any atom is -0.497 e. The van der Waals surface area contributed by atoms with E-state index >= 15 is 0 Å². The fraction of sp³-hybridized carbons (Fsp3) is 0.188. The van der Waals surface area contributed by atoms with E-state index in [1.54, 1.807) is 19.1 Å². The average Bonchev–Trinajstić information content (AvgIpc) is 2.46. The molecule has 0 saturated carbocycles. The smallest absolute Gasteiger partial charge is 0.416 e. The van der Waals surface area contributed by atoms with E-state index in [1.165, 1.54) is 25.3 Å². The average molecular weight is 294 g/mol.